The van der Waals surface area contributed by atoms with Gasteiger partial charge in [0.25, 0.3) is 11.8 Å². The lowest BCUT2D eigenvalue weighted by Gasteiger charge is -2.33. The van der Waals surface area contributed by atoms with E-state index in [1.54, 1.807) is 12.1 Å². The Morgan fingerprint density at radius 2 is 2.00 bits per heavy atom. The Bertz CT molecular complexity index is 973. The van der Waals surface area contributed by atoms with Gasteiger partial charge >= 0.3 is 0 Å². The zero-order chi connectivity index (χ0) is 21.3. The molecule has 0 saturated heterocycles. The van der Waals surface area contributed by atoms with E-state index < -0.39 is 5.91 Å². The number of carbonyl (C=O) groups is 2. The number of thiophene rings is 1. The molecule has 1 aromatic heterocycles. The van der Waals surface area contributed by atoms with Crippen molar-refractivity contribution in [3.63, 3.8) is 0 Å². The van der Waals surface area contributed by atoms with Crippen LogP contribution in [0.2, 0.25) is 0 Å². The third-order valence-electron chi connectivity index (χ3n) is 5.47. The fourth-order valence-corrected chi connectivity index (χ4v) is 5.37. The Kier molecular flexibility index (Phi) is 6.10. The Morgan fingerprint density at radius 1 is 1.28 bits per heavy atom. The second kappa shape index (κ2) is 8.24. The first-order valence-corrected chi connectivity index (χ1v) is 10.9. The molecule has 0 aliphatic heterocycles. The van der Waals surface area contributed by atoms with Gasteiger partial charge in [0.1, 0.15) is 5.00 Å². The molecule has 154 valence electrons. The molecule has 5 nitrogen and oxygen atoms in total. The highest BCUT2D eigenvalue weighted by Crippen LogP contribution is 2.44. The van der Waals surface area contributed by atoms with Gasteiger partial charge in [-0.25, -0.2) is 0 Å². The second-order valence-corrected chi connectivity index (χ2v) is 10.2. The van der Waals surface area contributed by atoms with Crippen molar-refractivity contribution >= 4 is 45.5 Å². The van der Waals surface area contributed by atoms with Crippen molar-refractivity contribution in [1.29, 1.82) is 0 Å². The molecule has 0 saturated carbocycles. The monoisotopic (exact) mass is 429 g/mol. The van der Waals surface area contributed by atoms with Gasteiger partial charge in [-0.3, -0.25) is 14.9 Å². The van der Waals surface area contributed by atoms with E-state index in [0.29, 0.717) is 22.0 Å². The number of primary amides is 1. The molecule has 0 spiro atoms. The molecule has 4 N–H and O–H groups in total. The average molecular weight is 430 g/mol. The normalized spacial score (nSPS) is 16.1. The largest absolute Gasteiger partial charge is 0.365 e. The smallest absolute Gasteiger partial charge is 0.257 e. The van der Waals surface area contributed by atoms with E-state index in [1.165, 1.54) is 16.2 Å². The summed E-state index contributed by atoms with van der Waals surface area (Å²) in [5, 5.41) is 6.50. The van der Waals surface area contributed by atoms with Gasteiger partial charge in [-0.05, 0) is 67.4 Å². The maximum atomic E-state index is 12.4. The molecule has 2 aromatic rings. The summed E-state index contributed by atoms with van der Waals surface area (Å²) in [5.74, 6) is -0.205. The van der Waals surface area contributed by atoms with Crippen molar-refractivity contribution < 1.29 is 9.59 Å². The number of hydrogen-bond donors (Lipinski definition) is 3. The SMILES string of the molecule is Cc1cccc(C(=O)NC(=S)Nc2sc3c(c2C(N)=O)CC[C@@H](C(C)(C)C)C3)c1. The summed E-state index contributed by atoms with van der Waals surface area (Å²) in [4.78, 5) is 25.8. The molecular formula is C22H27N3O2S2. The van der Waals surface area contributed by atoms with Crippen LogP contribution in [0.4, 0.5) is 5.00 Å². The minimum Gasteiger partial charge on any atom is -0.365 e. The fraction of sp³-hybridized carbons (Fsp3) is 0.409. The third-order valence-corrected chi connectivity index (χ3v) is 6.84. The fourth-order valence-electron chi connectivity index (χ4n) is 3.77. The number of carbonyl (C=O) groups excluding carboxylic acids is 2. The van der Waals surface area contributed by atoms with Crippen molar-refractivity contribution in [1.82, 2.24) is 5.32 Å². The number of anilines is 1. The van der Waals surface area contributed by atoms with Crippen molar-refractivity contribution in [3.05, 3.63) is 51.4 Å². The molecule has 1 heterocycles. The molecule has 0 bridgehead atoms. The summed E-state index contributed by atoms with van der Waals surface area (Å²) in [7, 11) is 0. The minimum absolute atomic E-state index is 0.157. The molecule has 0 radical (unpaired) electrons. The van der Waals surface area contributed by atoms with E-state index in [9.17, 15) is 9.59 Å². The van der Waals surface area contributed by atoms with Gasteiger partial charge in [0.15, 0.2) is 5.11 Å². The van der Waals surface area contributed by atoms with Gasteiger partial charge in [0, 0.05) is 10.4 Å². The lowest BCUT2D eigenvalue weighted by atomic mass is 9.72. The molecule has 1 aliphatic carbocycles. The molecule has 1 atom stereocenters. The molecular weight excluding hydrogens is 402 g/mol. The van der Waals surface area contributed by atoms with Crippen molar-refractivity contribution in [2.75, 3.05) is 5.32 Å². The van der Waals surface area contributed by atoms with Crippen LogP contribution < -0.4 is 16.4 Å². The summed E-state index contributed by atoms with van der Waals surface area (Å²) in [5.41, 5.74) is 8.95. The predicted octanol–water partition coefficient (Wildman–Crippen LogP) is 4.43. The Labute approximate surface area is 181 Å². The van der Waals surface area contributed by atoms with E-state index in [2.05, 4.69) is 31.4 Å². The maximum Gasteiger partial charge on any atom is 0.257 e. The molecule has 1 aliphatic rings. The first-order valence-electron chi connectivity index (χ1n) is 9.69. The van der Waals surface area contributed by atoms with Crippen LogP contribution in [-0.2, 0) is 12.8 Å². The summed E-state index contributed by atoms with van der Waals surface area (Å²) >= 11 is 6.84. The third kappa shape index (κ3) is 4.85. The van der Waals surface area contributed by atoms with Crippen LogP contribution in [0.3, 0.4) is 0 Å². The molecule has 7 heteroatoms. The van der Waals surface area contributed by atoms with Gasteiger partial charge in [-0.1, -0.05) is 38.5 Å². The Balaban J connectivity index is 1.79. The van der Waals surface area contributed by atoms with E-state index >= 15 is 0 Å². The van der Waals surface area contributed by atoms with Crippen molar-refractivity contribution in [2.24, 2.45) is 17.1 Å². The topological polar surface area (TPSA) is 84.2 Å². The van der Waals surface area contributed by atoms with Crippen molar-refractivity contribution in [2.45, 2.75) is 47.0 Å². The van der Waals surface area contributed by atoms with Gasteiger partial charge in [0.2, 0.25) is 0 Å². The standard InChI is InChI=1S/C22H27N3O2S2/c1-12-6-5-7-13(10-12)19(27)24-21(28)25-20-17(18(23)26)15-9-8-14(22(2,3)4)11-16(15)29-20/h5-7,10,14H,8-9,11H2,1-4H3,(H2,23,26)(H2,24,25,27,28)/t14-/m1/s1. The number of rotatable bonds is 3. The average Bonchev–Trinajstić information content (AvgIpc) is 2.97. The number of hydrogen-bond acceptors (Lipinski definition) is 4. The number of nitrogens with one attached hydrogen (secondary N) is 2. The highest BCUT2D eigenvalue weighted by atomic mass is 32.1. The first kappa shape index (κ1) is 21.5. The summed E-state index contributed by atoms with van der Waals surface area (Å²) < 4.78 is 0. The van der Waals surface area contributed by atoms with Crippen molar-refractivity contribution in [3.8, 4) is 0 Å². The number of aryl methyl sites for hydroxylation is 1. The highest BCUT2D eigenvalue weighted by molar-refractivity contribution is 7.80. The molecule has 29 heavy (non-hydrogen) atoms. The molecule has 1 aromatic carbocycles. The van der Waals surface area contributed by atoms with E-state index in [1.807, 2.05) is 19.1 Å². The maximum absolute atomic E-state index is 12.4. The highest BCUT2D eigenvalue weighted by Gasteiger charge is 2.33. The zero-order valence-corrected chi connectivity index (χ0v) is 18.9. The van der Waals surface area contributed by atoms with Crippen LogP contribution >= 0.6 is 23.6 Å². The quantitative estimate of drug-likeness (QED) is 0.630. The van der Waals surface area contributed by atoms with Gasteiger partial charge < -0.3 is 11.1 Å². The predicted molar refractivity (Wildman–Crippen MR) is 123 cm³/mol. The number of nitrogens with two attached hydrogens (primary N) is 1. The Morgan fingerprint density at radius 3 is 2.62 bits per heavy atom. The van der Waals surface area contributed by atoms with Crippen LogP contribution in [0.1, 0.15) is 63.9 Å². The summed E-state index contributed by atoms with van der Waals surface area (Å²) in [6.45, 7) is 8.68. The molecule has 0 fully saturated rings. The van der Waals surface area contributed by atoms with Crippen LogP contribution in [0.5, 0.6) is 0 Å². The number of amides is 2. The lowest BCUT2D eigenvalue weighted by molar-refractivity contribution is 0.0975. The molecule has 0 unspecified atom stereocenters. The van der Waals surface area contributed by atoms with E-state index in [4.69, 9.17) is 18.0 Å². The van der Waals surface area contributed by atoms with Gasteiger partial charge in [0.05, 0.1) is 5.56 Å². The number of thiocarbonyl (C=S) groups is 1. The number of benzene rings is 1. The van der Waals surface area contributed by atoms with Crippen LogP contribution in [-0.4, -0.2) is 16.9 Å². The Hall–Kier alpha value is -2.25. The summed E-state index contributed by atoms with van der Waals surface area (Å²) in [6, 6.07) is 7.28. The van der Waals surface area contributed by atoms with Gasteiger partial charge in [-0.2, -0.15) is 0 Å². The molecule has 3 rings (SSSR count). The minimum atomic E-state index is -0.466. The summed E-state index contributed by atoms with van der Waals surface area (Å²) in [6.07, 6.45) is 2.78. The number of fused-ring (bicyclic) bond motifs is 1. The van der Waals surface area contributed by atoms with Crippen LogP contribution in [0.15, 0.2) is 24.3 Å². The van der Waals surface area contributed by atoms with Gasteiger partial charge in [-0.15, -0.1) is 11.3 Å². The van der Waals surface area contributed by atoms with Crippen LogP contribution in [0.25, 0.3) is 0 Å². The van der Waals surface area contributed by atoms with E-state index in [-0.39, 0.29) is 16.4 Å². The van der Waals surface area contributed by atoms with E-state index in [0.717, 1.165) is 30.4 Å². The second-order valence-electron chi connectivity index (χ2n) is 8.66. The molecule has 2 amide bonds. The first-order chi connectivity index (χ1) is 13.6. The van der Waals surface area contributed by atoms with Crippen LogP contribution in [0, 0.1) is 18.3 Å². The zero-order valence-electron chi connectivity index (χ0n) is 17.2. The lowest BCUT2D eigenvalue weighted by Crippen LogP contribution is -2.34.